The summed E-state index contributed by atoms with van der Waals surface area (Å²) < 4.78 is 11.0. The first-order chi connectivity index (χ1) is 12.1. The maximum atomic E-state index is 12.8. The molecule has 1 aromatic carbocycles. The standard InChI is InChI=1S/C19H25N3O3/c1-4-5-15-9-16(21-20-15)11-22(2)19(23)14-8-13-6-7-17(24-3)10-18(13)25-12-14/h6-7,9-10,14H,4-5,8,11-12H2,1-3H3,(H,20,21)/t14-/m0/s1. The van der Waals surface area contributed by atoms with E-state index >= 15 is 0 Å². The molecule has 0 unspecified atom stereocenters. The zero-order valence-electron chi connectivity index (χ0n) is 15.0. The SMILES string of the molecule is CCCc1cc(CN(C)C(=O)[C@@H]2COc3cc(OC)ccc3C2)[nH]n1. The molecule has 1 aliphatic heterocycles. The second-order valence-electron chi connectivity index (χ2n) is 6.51. The Morgan fingerprint density at radius 2 is 2.28 bits per heavy atom. The van der Waals surface area contributed by atoms with Gasteiger partial charge in [0, 0.05) is 13.1 Å². The summed E-state index contributed by atoms with van der Waals surface area (Å²) in [6.45, 7) is 3.05. The van der Waals surface area contributed by atoms with Gasteiger partial charge in [-0.1, -0.05) is 19.4 Å². The summed E-state index contributed by atoms with van der Waals surface area (Å²) in [5, 5.41) is 7.30. The maximum Gasteiger partial charge on any atom is 0.229 e. The summed E-state index contributed by atoms with van der Waals surface area (Å²) in [6, 6.07) is 7.78. The van der Waals surface area contributed by atoms with E-state index in [1.54, 1.807) is 12.0 Å². The van der Waals surface area contributed by atoms with Crippen molar-refractivity contribution in [2.24, 2.45) is 5.92 Å². The van der Waals surface area contributed by atoms with E-state index in [2.05, 4.69) is 17.1 Å². The molecule has 6 heteroatoms. The molecule has 0 spiro atoms. The lowest BCUT2D eigenvalue weighted by Crippen LogP contribution is -2.38. The fourth-order valence-corrected chi connectivity index (χ4v) is 3.16. The van der Waals surface area contributed by atoms with Crippen LogP contribution in [0.1, 0.15) is 30.3 Å². The molecule has 1 aliphatic rings. The Morgan fingerprint density at radius 1 is 1.44 bits per heavy atom. The van der Waals surface area contributed by atoms with E-state index in [1.165, 1.54) is 0 Å². The van der Waals surface area contributed by atoms with Gasteiger partial charge in [0.2, 0.25) is 5.91 Å². The number of hydrogen-bond acceptors (Lipinski definition) is 4. The van der Waals surface area contributed by atoms with Crippen LogP contribution in [0.15, 0.2) is 24.3 Å². The second-order valence-corrected chi connectivity index (χ2v) is 6.51. The van der Waals surface area contributed by atoms with E-state index in [9.17, 15) is 4.79 Å². The number of benzene rings is 1. The summed E-state index contributed by atoms with van der Waals surface area (Å²) >= 11 is 0. The van der Waals surface area contributed by atoms with Crippen LogP contribution in [0, 0.1) is 5.92 Å². The van der Waals surface area contributed by atoms with Crippen molar-refractivity contribution in [1.82, 2.24) is 15.1 Å². The van der Waals surface area contributed by atoms with Gasteiger partial charge in [0.05, 0.1) is 31.0 Å². The van der Waals surface area contributed by atoms with Crippen LogP contribution in [0.4, 0.5) is 0 Å². The Bertz CT molecular complexity index is 741. The van der Waals surface area contributed by atoms with Gasteiger partial charge >= 0.3 is 0 Å². The van der Waals surface area contributed by atoms with Crippen LogP contribution in [0.25, 0.3) is 0 Å². The van der Waals surface area contributed by atoms with E-state index in [0.717, 1.165) is 41.3 Å². The van der Waals surface area contributed by atoms with Crippen molar-refractivity contribution in [2.45, 2.75) is 32.7 Å². The summed E-state index contributed by atoms with van der Waals surface area (Å²) in [5.41, 5.74) is 3.05. The van der Waals surface area contributed by atoms with E-state index in [4.69, 9.17) is 9.47 Å². The zero-order valence-corrected chi connectivity index (χ0v) is 15.0. The van der Waals surface area contributed by atoms with Crippen molar-refractivity contribution in [2.75, 3.05) is 20.8 Å². The van der Waals surface area contributed by atoms with Crippen LogP contribution in [0.3, 0.4) is 0 Å². The maximum absolute atomic E-state index is 12.8. The Kier molecular flexibility index (Phi) is 5.26. The number of H-pyrrole nitrogens is 1. The number of carbonyl (C=O) groups is 1. The van der Waals surface area contributed by atoms with Gasteiger partial charge in [-0.25, -0.2) is 0 Å². The average molecular weight is 343 g/mol. The van der Waals surface area contributed by atoms with Gasteiger partial charge in [-0.15, -0.1) is 0 Å². The molecule has 0 aliphatic carbocycles. The lowest BCUT2D eigenvalue weighted by molar-refractivity contribution is -0.136. The highest BCUT2D eigenvalue weighted by Crippen LogP contribution is 2.31. The monoisotopic (exact) mass is 343 g/mol. The Labute approximate surface area is 148 Å². The number of ether oxygens (including phenoxy) is 2. The zero-order chi connectivity index (χ0) is 17.8. The minimum absolute atomic E-state index is 0.0908. The van der Waals surface area contributed by atoms with Crippen LogP contribution < -0.4 is 9.47 Å². The number of nitrogens with one attached hydrogen (secondary N) is 1. The molecule has 1 N–H and O–H groups in total. The molecule has 25 heavy (non-hydrogen) atoms. The third-order valence-corrected chi connectivity index (χ3v) is 4.50. The van der Waals surface area contributed by atoms with Crippen LogP contribution in [-0.2, 0) is 24.2 Å². The summed E-state index contributed by atoms with van der Waals surface area (Å²) in [7, 11) is 3.46. The van der Waals surface area contributed by atoms with Gasteiger partial charge in [-0.3, -0.25) is 9.89 Å². The van der Waals surface area contributed by atoms with E-state index < -0.39 is 0 Å². The topological polar surface area (TPSA) is 67.5 Å². The molecule has 0 radical (unpaired) electrons. The minimum Gasteiger partial charge on any atom is -0.497 e. The number of rotatable bonds is 6. The number of hydrogen-bond donors (Lipinski definition) is 1. The van der Waals surface area contributed by atoms with Crippen molar-refractivity contribution in [3.63, 3.8) is 0 Å². The fourth-order valence-electron chi connectivity index (χ4n) is 3.16. The molecule has 1 atom stereocenters. The molecule has 0 saturated carbocycles. The van der Waals surface area contributed by atoms with E-state index in [0.29, 0.717) is 19.6 Å². The molecule has 6 nitrogen and oxygen atoms in total. The molecule has 3 rings (SSSR count). The predicted molar refractivity (Wildman–Crippen MR) is 94.7 cm³/mol. The number of amides is 1. The molecule has 1 amide bonds. The first kappa shape index (κ1) is 17.3. The van der Waals surface area contributed by atoms with Gasteiger partial charge in [0.1, 0.15) is 18.1 Å². The van der Waals surface area contributed by atoms with Gasteiger partial charge < -0.3 is 14.4 Å². The average Bonchev–Trinajstić information content (AvgIpc) is 3.07. The molecule has 2 aromatic rings. The van der Waals surface area contributed by atoms with Crippen molar-refractivity contribution in [3.05, 3.63) is 41.2 Å². The van der Waals surface area contributed by atoms with Crippen molar-refractivity contribution in [1.29, 1.82) is 0 Å². The first-order valence-corrected chi connectivity index (χ1v) is 8.68. The first-order valence-electron chi connectivity index (χ1n) is 8.68. The smallest absolute Gasteiger partial charge is 0.229 e. The number of aromatic nitrogens is 2. The molecule has 0 fully saturated rings. The minimum atomic E-state index is -0.163. The number of aromatic amines is 1. The van der Waals surface area contributed by atoms with Crippen molar-refractivity contribution < 1.29 is 14.3 Å². The number of carbonyl (C=O) groups excluding carboxylic acids is 1. The van der Waals surface area contributed by atoms with E-state index in [1.807, 2.05) is 31.3 Å². The normalized spacial score (nSPS) is 16.0. The van der Waals surface area contributed by atoms with Gasteiger partial charge in [-0.05, 0) is 30.5 Å². The Morgan fingerprint density at radius 3 is 3.04 bits per heavy atom. The van der Waals surface area contributed by atoms with Gasteiger partial charge in [0.15, 0.2) is 0 Å². The summed E-state index contributed by atoms with van der Waals surface area (Å²) in [5.74, 6) is 1.50. The number of methoxy groups -OCH3 is 1. The second kappa shape index (κ2) is 7.59. The van der Waals surface area contributed by atoms with Crippen LogP contribution in [0.5, 0.6) is 11.5 Å². The highest BCUT2D eigenvalue weighted by atomic mass is 16.5. The molecule has 0 saturated heterocycles. The van der Waals surface area contributed by atoms with Crippen LogP contribution in [0.2, 0.25) is 0 Å². The third kappa shape index (κ3) is 3.95. The molecule has 134 valence electrons. The summed E-state index contributed by atoms with van der Waals surface area (Å²) in [6.07, 6.45) is 2.69. The molecule has 0 bridgehead atoms. The quantitative estimate of drug-likeness (QED) is 0.875. The van der Waals surface area contributed by atoms with Crippen LogP contribution >= 0.6 is 0 Å². The lowest BCUT2D eigenvalue weighted by atomic mass is 9.95. The van der Waals surface area contributed by atoms with Gasteiger partial charge in [-0.2, -0.15) is 5.10 Å². The fraction of sp³-hybridized carbons (Fsp3) is 0.474. The van der Waals surface area contributed by atoms with E-state index in [-0.39, 0.29) is 11.8 Å². The molecule has 1 aromatic heterocycles. The highest BCUT2D eigenvalue weighted by Gasteiger charge is 2.28. The third-order valence-electron chi connectivity index (χ3n) is 4.50. The summed E-state index contributed by atoms with van der Waals surface area (Å²) in [4.78, 5) is 14.5. The van der Waals surface area contributed by atoms with Crippen molar-refractivity contribution >= 4 is 5.91 Å². The Hall–Kier alpha value is -2.50. The van der Waals surface area contributed by atoms with Gasteiger partial charge in [0.25, 0.3) is 0 Å². The van der Waals surface area contributed by atoms with Crippen molar-refractivity contribution in [3.8, 4) is 11.5 Å². The lowest BCUT2D eigenvalue weighted by Gasteiger charge is -2.28. The largest absolute Gasteiger partial charge is 0.497 e. The molecular weight excluding hydrogens is 318 g/mol. The highest BCUT2D eigenvalue weighted by molar-refractivity contribution is 5.79. The molecular formula is C19H25N3O3. The Balaban J connectivity index is 1.62. The number of aryl methyl sites for hydroxylation is 1. The van der Waals surface area contributed by atoms with Crippen LogP contribution in [-0.4, -0.2) is 41.8 Å². The number of fused-ring (bicyclic) bond motifs is 1. The predicted octanol–water partition coefficient (Wildman–Crippen LogP) is 2.58. The molecule has 2 heterocycles. The number of nitrogens with zero attached hydrogens (tertiary/aromatic N) is 2.